The van der Waals surface area contributed by atoms with Crippen LogP contribution in [0.25, 0.3) is 6.08 Å². The normalized spacial score (nSPS) is 15.1. The van der Waals surface area contributed by atoms with E-state index >= 15 is 0 Å². The van der Waals surface area contributed by atoms with Crippen molar-refractivity contribution in [2.45, 2.75) is 25.9 Å². The van der Waals surface area contributed by atoms with E-state index < -0.39 is 23.6 Å². The number of hydrogen-bond acceptors (Lipinski definition) is 5. The molecule has 9 heteroatoms. The smallest absolute Gasteiger partial charge is 0.254 e. The number of carbonyl (C=O) groups is 1. The summed E-state index contributed by atoms with van der Waals surface area (Å²) in [6, 6.07) is 10.2. The molecule has 0 saturated carbocycles. The summed E-state index contributed by atoms with van der Waals surface area (Å²) in [5.41, 5.74) is 0.770. The molecule has 0 saturated heterocycles. The molecule has 0 fully saturated rings. The molecule has 1 amide bonds. The van der Waals surface area contributed by atoms with E-state index in [0.29, 0.717) is 12.4 Å². The van der Waals surface area contributed by atoms with Gasteiger partial charge in [0, 0.05) is 32.6 Å². The molecule has 2 aromatic carbocycles. The molecule has 1 aromatic heterocycles. The van der Waals surface area contributed by atoms with Crippen molar-refractivity contribution < 1.29 is 18.3 Å². The molecule has 34 heavy (non-hydrogen) atoms. The maximum Gasteiger partial charge on any atom is 0.254 e. The Morgan fingerprint density at radius 2 is 1.94 bits per heavy atom. The van der Waals surface area contributed by atoms with Crippen molar-refractivity contribution in [3.05, 3.63) is 83.0 Å². The zero-order valence-electron chi connectivity index (χ0n) is 19.2. The molecule has 1 aliphatic rings. The number of ether oxygens (including phenoxy) is 1. The van der Waals surface area contributed by atoms with Gasteiger partial charge in [-0.15, -0.1) is 10.2 Å². The first kappa shape index (κ1) is 23.6. The molecule has 0 spiro atoms. The number of nitrogens with one attached hydrogen (secondary N) is 1. The van der Waals surface area contributed by atoms with Crippen LogP contribution < -0.4 is 10.1 Å². The van der Waals surface area contributed by atoms with Crippen molar-refractivity contribution in [2.24, 2.45) is 0 Å². The van der Waals surface area contributed by atoms with Crippen LogP contribution in [0, 0.1) is 11.6 Å². The van der Waals surface area contributed by atoms with E-state index in [0.717, 1.165) is 61.4 Å². The van der Waals surface area contributed by atoms with Gasteiger partial charge in [0.05, 0.1) is 18.7 Å². The molecular formula is C25H27F2N5O2. The molecule has 4 rings (SSSR count). The van der Waals surface area contributed by atoms with E-state index in [1.807, 2.05) is 28.8 Å². The fourth-order valence-corrected chi connectivity index (χ4v) is 3.96. The Bertz CT molecular complexity index is 1180. The van der Waals surface area contributed by atoms with Crippen LogP contribution >= 0.6 is 0 Å². The van der Waals surface area contributed by atoms with Crippen molar-refractivity contribution >= 4 is 12.0 Å². The van der Waals surface area contributed by atoms with Crippen LogP contribution in [-0.4, -0.2) is 52.3 Å². The highest BCUT2D eigenvalue weighted by Crippen LogP contribution is 2.18. The first-order valence-corrected chi connectivity index (χ1v) is 11.2. The standard InChI is InChI=1S/C25H27F2N5O2/c1-17(28-25(33)21-16-19(26)7-10-22(21)27)24-30-29-23-11-13-31(14-15-32(23)24)12-3-4-18-5-8-20(34-2)9-6-18/h3-10,16-17H,11-15H2,1-2H3,(H,28,33)/b4-3+/t17-/m1/s1. The quantitative estimate of drug-likeness (QED) is 0.575. The summed E-state index contributed by atoms with van der Waals surface area (Å²) in [4.78, 5) is 14.8. The van der Waals surface area contributed by atoms with Crippen LogP contribution in [0.15, 0.2) is 48.5 Å². The SMILES string of the molecule is COc1ccc(/C=C/CN2CCc3nnc([C@@H](C)NC(=O)c4cc(F)ccc4F)n3CC2)cc1. The van der Waals surface area contributed by atoms with Crippen LogP contribution in [0.1, 0.15) is 40.5 Å². The first-order chi connectivity index (χ1) is 16.4. The minimum Gasteiger partial charge on any atom is -0.497 e. The number of methoxy groups -OCH3 is 1. The first-order valence-electron chi connectivity index (χ1n) is 11.2. The number of fused-ring (bicyclic) bond motifs is 1. The van der Waals surface area contributed by atoms with Crippen LogP contribution in [0.5, 0.6) is 5.75 Å². The van der Waals surface area contributed by atoms with Gasteiger partial charge < -0.3 is 14.6 Å². The molecule has 0 radical (unpaired) electrons. The van der Waals surface area contributed by atoms with Gasteiger partial charge in [-0.05, 0) is 42.8 Å². The summed E-state index contributed by atoms with van der Waals surface area (Å²) in [5, 5.41) is 11.3. The summed E-state index contributed by atoms with van der Waals surface area (Å²) >= 11 is 0. The van der Waals surface area contributed by atoms with E-state index in [2.05, 4.69) is 32.6 Å². The lowest BCUT2D eigenvalue weighted by molar-refractivity contribution is 0.0933. The van der Waals surface area contributed by atoms with Gasteiger partial charge in [-0.3, -0.25) is 9.69 Å². The number of hydrogen-bond donors (Lipinski definition) is 1. The minimum atomic E-state index is -0.774. The number of halogens is 2. The third kappa shape index (κ3) is 5.48. The lowest BCUT2D eigenvalue weighted by Crippen LogP contribution is -2.31. The Labute approximate surface area is 197 Å². The molecule has 7 nitrogen and oxygen atoms in total. The zero-order chi connectivity index (χ0) is 24.1. The van der Waals surface area contributed by atoms with Gasteiger partial charge in [-0.25, -0.2) is 8.78 Å². The van der Waals surface area contributed by atoms with Gasteiger partial charge in [-0.1, -0.05) is 24.3 Å². The third-order valence-electron chi connectivity index (χ3n) is 5.85. The van der Waals surface area contributed by atoms with E-state index in [4.69, 9.17) is 4.74 Å². The molecular weight excluding hydrogens is 440 g/mol. The Balaban J connectivity index is 1.36. The van der Waals surface area contributed by atoms with Gasteiger partial charge >= 0.3 is 0 Å². The molecule has 0 aliphatic carbocycles. The van der Waals surface area contributed by atoms with Crippen LogP contribution in [-0.2, 0) is 13.0 Å². The Kier molecular flexibility index (Phi) is 7.32. The van der Waals surface area contributed by atoms with E-state index in [1.165, 1.54) is 0 Å². The second-order valence-electron chi connectivity index (χ2n) is 8.17. The van der Waals surface area contributed by atoms with E-state index in [-0.39, 0.29) is 5.56 Å². The van der Waals surface area contributed by atoms with Crippen LogP contribution in [0.3, 0.4) is 0 Å². The number of nitrogens with zero attached hydrogens (tertiary/aromatic N) is 4. The number of amides is 1. The van der Waals surface area contributed by atoms with Crippen molar-refractivity contribution in [2.75, 3.05) is 26.7 Å². The highest BCUT2D eigenvalue weighted by molar-refractivity contribution is 5.94. The molecule has 0 bridgehead atoms. The maximum absolute atomic E-state index is 13.9. The molecule has 1 atom stereocenters. The second-order valence-corrected chi connectivity index (χ2v) is 8.17. The Hall–Kier alpha value is -3.59. The maximum atomic E-state index is 13.9. The zero-order valence-corrected chi connectivity index (χ0v) is 19.2. The largest absolute Gasteiger partial charge is 0.497 e. The van der Waals surface area contributed by atoms with Gasteiger partial charge in [0.1, 0.15) is 23.2 Å². The van der Waals surface area contributed by atoms with E-state index in [1.54, 1.807) is 14.0 Å². The predicted molar refractivity (Wildman–Crippen MR) is 124 cm³/mol. The van der Waals surface area contributed by atoms with Crippen LogP contribution in [0.4, 0.5) is 8.78 Å². The summed E-state index contributed by atoms with van der Waals surface area (Å²) in [5.74, 6) is 0.127. The highest BCUT2D eigenvalue weighted by atomic mass is 19.1. The predicted octanol–water partition coefficient (Wildman–Crippen LogP) is 3.63. The summed E-state index contributed by atoms with van der Waals surface area (Å²) in [6.07, 6.45) is 4.94. The highest BCUT2D eigenvalue weighted by Gasteiger charge is 2.23. The molecule has 1 N–H and O–H groups in total. The Morgan fingerprint density at radius 1 is 1.15 bits per heavy atom. The molecule has 2 heterocycles. The van der Waals surface area contributed by atoms with Crippen LogP contribution in [0.2, 0.25) is 0 Å². The molecule has 3 aromatic rings. The van der Waals surface area contributed by atoms with Gasteiger partial charge in [-0.2, -0.15) is 0 Å². The van der Waals surface area contributed by atoms with Gasteiger partial charge in [0.2, 0.25) is 0 Å². The minimum absolute atomic E-state index is 0.336. The van der Waals surface area contributed by atoms with E-state index in [9.17, 15) is 13.6 Å². The molecule has 0 unspecified atom stereocenters. The second kappa shape index (κ2) is 10.6. The number of benzene rings is 2. The lowest BCUT2D eigenvalue weighted by Gasteiger charge is -2.18. The number of carbonyl (C=O) groups excluding carboxylic acids is 1. The fourth-order valence-electron chi connectivity index (χ4n) is 3.96. The number of rotatable bonds is 7. The average molecular weight is 468 g/mol. The lowest BCUT2D eigenvalue weighted by atomic mass is 10.1. The monoisotopic (exact) mass is 467 g/mol. The fraction of sp³-hybridized carbons (Fsp3) is 0.320. The van der Waals surface area contributed by atoms with Gasteiger partial charge in [0.25, 0.3) is 5.91 Å². The van der Waals surface area contributed by atoms with Crippen molar-refractivity contribution in [3.8, 4) is 5.75 Å². The summed E-state index contributed by atoms with van der Waals surface area (Å²) in [6.45, 7) is 4.85. The van der Waals surface area contributed by atoms with Crippen molar-refractivity contribution in [1.82, 2.24) is 25.0 Å². The summed E-state index contributed by atoms with van der Waals surface area (Å²) < 4.78 is 34.6. The van der Waals surface area contributed by atoms with Crippen molar-refractivity contribution in [1.29, 1.82) is 0 Å². The molecule has 1 aliphatic heterocycles. The Morgan fingerprint density at radius 3 is 2.71 bits per heavy atom. The average Bonchev–Trinajstić information content (AvgIpc) is 3.14. The summed E-state index contributed by atoms with van der Waals surface area (Å²) in [7, 11) is 1.65. The molecule has 178 valence electrons. The van der Waals surface area contributed by atoms with Crippen molar-refractivity contribution in [3.63, 3.8) is 0 Å². The number of aromatic nitrogens is 3. The van der Waals surface area contributed by atoms with Gasteiger partial charge in [0.15, 0.2) is 5.82 Å². The topological polar surface area (TPSA) is 72.3 Å². The third-order valence-corrected chi connectivity index (χ3v) is 5.85.